The highest BCUT2D eigenvalue weighted by Crippen LogP contribution is 2.27. The van der Waals surface area contributed by atoms with Crippen LogP contribution in [0.4, 0.5) is 5.82 Å². The van der Waals surface area contributed by atoms with Gasteiger partial charge in [0, 0.05) is 32.2 Å². The van der Waals surface area contributed by atoms with E-state index in [1.54, 1.807) is 0 Å². The molecule has 0 radical (unpaired) electrons. The molecule has 0 saturated carbocycles. The van der Waals surface area contributed by atoms with Crippen LogP contribution in [0.5, 0.6) is 6.01 Å². The van der Waals surface area contributed by atoms with Gasteiger partial charge in [0.05, 0.1) is 19.7 Å². The third-order valence-corrected chi connectivity index (χ3v) is 3.78. The zero-order valence-electron chi connectivity index (χ0n) is 12.1. The Bertz CT molecular complexity index is 514. The molecule has 1 aromatic heterocycles. The molecule has 8 heteroatoms. The average molecular weight is 315 g/mol. The van der Waals surface area contributed by atoms with E-state index in [1.165, 1.54) is 13.3 Å². The van der Waals surface area contributed by atoms with Crippen molar-refractivity contribution in [2.24, 2.45) is 0 Å². The highest BCUT2D eigenvalue weighted by Gasteiger charge is 2.26. The van der Waals surface area contributed by atoms with Crippen LogP contribution in [-0.2, 0) is 4.79 Å². The molecule has 21 heavy (non-hydrogen) atoms. The van der Waals surface area contributed by atoms with Crippen molar-refractivity contribution in [3.63, 3.8) is 0 Å². The monoisotopic (exact) mass is 314 g/mol. The number of methoxy groups -OCH3 is 1. The van der Waals surface area contributed by atoms with E-state index in [-0.39, 0.29) is 18.5 Å². The lowest BCUT2D eigenvalue weighted by Gasteiger charge is -2.40. The second-order valence-corrected chi connectivity index (χ2v) is 5.42. The van der Waals surface area contributed by atoms with Crippen LogP contribution in [0.2, 0.25) is 5.02 Å². The summed E-state index contributed by atoms with van der Waals surface area (Å²) in [5.74, 6) is -0.109. The Morgan fingerprint density at radius 3 is 2.95 bits per heavy atom. The van der Waals surface area contributed by atoms with E-state index in [1.807, 2.05) is 0 Å². The maximum Gasteiger partial charge on any atom is 0.318 e. The number of carboxylic acid groups (broad SMARTS) is 1. The van der Waals surface area contributed by atoms with E-state index in [0.29, 0.717) is 17.4 Å². The molecule has 0 amide bonds. The van der Waals surface area contributed by atoms with Crippen LogP contribution >= 0.6 is 11.6 Å². The number of nitrogens with zero attached hydrogens (tertiary/aromatic N) is 4. The van der Waals surface area contributed by atoms with Gasteiger partial charge in [-0.05, 0) is 6.92 Å². The van der Waals surface area contributed by atoms with Crippen molar-refractivity contribution in [2.75, 3.05) is 38.2 Å². The Hall–Kier alpha value is -1.60. The molecule has 1 unspecified atom stereocenters. The van der Waals surface area contributed by atoms with Crippen molar-refractivity contribution in [3.8, 4) is 6.01 Å². The van der Waals surface area contributed by atoms with E-state index in [4.69, 9.17) is 21.4 Å². The first kappa shape index (κ1) is 15.8. The Morgan fingerprint density at radius 2 is 2.33 bits per heavy atom. The van der Waals surface area contributed by atoms with Gasteiger partial charge >= 0.3 is 12.0 Å². The van der Waals surface area contributed by atoms with Crippen molar-refractivity contribution >= 4 is 23.4 Å². The van der Waals surface area contributed by atoms with E-state index >= 15 is 0 Å². The number of carbonyl (C=O) groups is 1. The predicted octanol–water partition coefficient (Wildman–Crippen LogP) is 1.12. The number of aliphatic carboxylic acids is 1. The number of hydrogen-bond acceptors (Lipinski definition) is 6. The molecule has 0 aromatic carbocycles. The minimum absolute atomic E-state index is 0.162. The fourth-order valence-electron chi connectivity index (χ4n) is 2.45. The molecule has 0 bridgehead atoms. The molecule has 1 aliphatic heterocycles. The number of piperazine rings is 1. The quantitative estimate of drug-likeness (QED) is 0.872. The first-order valence-corrected chi connectivity index (χ1v) is 7.16. The van der Waals surface area contributed by atoms with Gasteiger partial charge in [-0.1, -0.05) is 11.6 Å². The molecule has 1 saturated heterocycles. The fraction of sp³-hybridized carbons (Fsp3) is 0.615. The summed E-state index contributed by atoms with van der Waals surface area (Å²) in [4.78, 5) is 23.2. The molecule has 1 atom stereocenters. The van der Waals surface area contributed by atoms with Crippen LogP contribution in [-0.4, -0.2) is 65.3 Å². The lowest BCUT2D eigenvalue weighted by molar-refractivity contribution is -0.137. The van der Waals surface area contributed by atoms with Gasteiger partial charge in [-0.3, -0.25) is 9.69 Å². The summed E-state index contributed by atoms with van der Waals surface area (Å²) in [5, 5.41) is 9.24. The molecular formula is C13H19ClN4O3. The van der Waals surface area contributed by atoms with Gasteiger partial charge in [0.15, 0.2) is 5.82 Å². The maximum absolute atomic E-state index is 10.6. The van der Waals surface area contributed by atoms with Gasteiger partial charge in [-0.25, -0.2) is 4.98 Å². The molecule has 0 aliphatic carbocycles. The summed E-state index contributed by atoms with van der Waals surface area (Å²) in [6.07, 6.45) is 1.70. The summed E-state index contributed by atoms with van der Waals surface area (Å²) < 4.78 is 5.04. The van der Waals surface area contributed by atoms with Gasteiger partial charge in [-0.15, -0.1) is 0 Å². The Balaban J connectivity index is 2.05. The molecule has 2 rings (SSSR count). The summed E-state index contributed by atoms with van der Waals surface area (Å²) in [6, 6.07) is 0.472. The minimum Gasteiger partial charge on any atom is -0.481 e. The minimum atomic E-state index is -0.770. The molecule has 1 aliphatic rings. The Labute approximate surface area is 128 Å². The highest BCUT2D eigenvalue weighted by molar-refractivity contribution is 6.32. The number of anilines is 1. The number of aromatic nitrogens is 2. The van der Waals surface area contributed by atoms with Crippen LogP contribution in [0.3, 0.4) is 0 Å². The Morgan fingerprint density at radius 1 is 1.57 bits per heavy atom. The number of ether oxygens (including phenoxy) is 1. The van der Waals surface area contributed by atoms with Crippen molar-refractivity contribution in [1.82, 2.24) is 14.9 Å². The van der Waals surface area contributed by atoms with Crippen LogP contribution in [0.1, 0.15) is 13.3 Å². The molecule has 116 valence electrons. The number of hydrogen-bond donors (Lipinski definition) is 1. The standard InChI is InChI=1S/C13H19ClN4O3/c1-9-8-17(4-3-11(19)20)5-6-18(9)12-10(14)7-15-13(16-12)21-2/h7,9H,3-6,8H2,1-2H3,(H,19,20). The van der Waals surface area contributed by atoms with Crippen LogP contribution in [0.25, 0.3) is 0 Å². The topological polar surface area (TPSA) is 78.8 Å². The zero-order chi connectivity index (χ0) is 15.4. The average Bonchev–Trinajstić information content (AvgIpc) is 2.46. The summed E-state index contributed by atoms with van der Waals surface area (Å²) in [7, 11) is 1.51. The van der Waals surface area contributed by atoms with E-state index in [9.17, 15) is 4.79 Å². The van der Waals surface area contributed by atoms with Crippen LogP contribution < -0.4 is 9.64 Å². The van der Waals surface area contributed by atoms with Gasteiger partial charge in [0.2, 0.25) is 0 Å². The van der Waals surface area contributed by atoms with Gasteiger partial charge in [-0.2, -0.15) is 4.98 Å². The molecular weight excluding hydrogens is 296 g/mol. The largest absolute Gasteiger partial charge is 0.481 e. The van der Waals surface area contributed by atoms with Gasteiger partial charge in [0.1, 0.15) is 5.02 Å². The van der Waals surface area contributed by atoms with Gasteiger partial charge in [0.25, 0.3) is 0 Å². The first-order valence-electron chi connectivity index (χ1n) is 6.78. The fourth-order valence-corrected chi connectivity index (χ4v) is 2.65. The van der Waals surface area contributed by atoms with E-state index in [2.05, 4.69) is 26.7 Å². The molecule has 1 N–H and O–H groups in total. The second kappa shape index (κ2) is 6.91. The number of halogens is 1. The maximum atomic E-state index is 10.6. The van der Waals surface area contributed by atoms with Crippen molar-refractivity contribution < 1.29 is 14.6 Å². The molecule has 0 spiro atoms. The lowest BCUT2D eigenvalue weighted by atomic mass is 10.2. The molecule has 2 heterocycles. The van der Waals surface area contributed by atoms with E-state index < -0.39 is 5.97 Å². The molecule has 1 fully saturated rings. The van der Waals surface area contributed by atoms with Crippen molar-refractivity contribution in [3.05, 3.63) is 11.2 Å². The third kappa shape index (κ3) is 3.95. The normalized spacial score (nSPS) is 19.6. The SMILES string of the molecule is COc1ncc(Cl)c(N2CCN(CCC(=O)O)CC2C)n1. The number of carboxylic acids is 1. The smallest absolute Gasteiger partial charge is 0.318 e. The number of rotatable bonds is 5. The van der Waals surface area contributed by atoms with Crippen LogP contribution in [0, 0.1) is 0 Å². The predicted molar refractivity (Wildman–Crippen MR) is 79.1 cm³/mol. The highest BCUT2D eigenvalue weighted by atomic mass is 35.5. The van der Waals surface area contributed by atoms with Crippen molar-refractivity contribution in [1.29, 1.82) is 0 Å². The third-order valence-electron chi connectivity index (χ3n) is 3.51. The molecule has 7 nitrogen and oxygen atoms in total. The zero-order valence-corrected chi connectivity index (χ0v) is 12.9. The second-order valence-electron chi connectivity index (χ2n) is 5.02. The Kier molecular flexibility index (Phi) is 5.19. The van der Waals surface area contributed by atoms with Crippen LogP contribution in [0.15, 0.2) is 6.20 Å². The lowest BCUT2D eigenvalue weighted by Crippen LogP contribution is -2.52. The first-order chi connectivity index (χ1) is 10.0. The van der Waals surface area contributed by atoms with Gasteiger partial charge < -0.3 is 14.7 Å². The summed E-state index contributed by atoms with van der Waals surface area (Å²) in [6.45, 7) is 4.92. The van der Waals surface area contributed by atoms with Crippen molar-refractivity contribution in [2.45, 2.75) is 19.4 Å². The van der Waals surface area contributed by atoms with E-state index in [0.717, 1.165) is 19.6 Å². The summed E-state index contributed by atoms with van der Waals surface area (Å²) in [5.41, 5.74) is 0. The summed E-state index contributed by atoms with van der Waals surface area (Å²) >= 11 is 6.18. The molecule has 1 aromatic rings.